The normalized spacial score (nSPS) is 11.5. The zero-order chi connectivity index (χ0) is 17.0. The van der Waals surface area contributed by atoms with Crippen molar-refractivity contribution in [2.45, 2.75) is 17.6 Å². The standard InChI is InChI=1S/C14H14F2N2O4S/c1-2-17-11-4-3-10(23(20,21)14(15)16)7-12(11)18-13(19)9-5-6-22-8-9/h3-8,14,17H,2H2,1H3,(H,18,19). The SMILES string of the molecule is CCNc1ccc(S(=O)(=O)C(F)F)cc1NC(=O)c1ccoc1. The van der Waals surface area contributed by atoms with Crippen LogP contribution in [0.4, 0.5) is 20.2 Å². The van der Waals surface area contributed by atoms with Crippen molar-refractivity contribution in [1.82, 2.24) is 0 Å². The predicted octanol–water partition coefficient (Wildman–Crippen LogP) is 2.96. The molecule has 0 aliphatic heterocycles. The Bertz CT molecular complexity index is 789. The van der Waals surface area contributed by atoms with Crippen LogP contribution >= 0.6 is 0 Å². The first-order chi connectivity index (χ1) is 10.9. The van der Waals surface area contributed by atoms with Crippen LogP contribution in [0.15, 0.2) is 46.1 Å². The Morgan fingerprint density at radius 3 is 2.57 bits per heavy atom. The second-order valence-electron chi connectivity index (χ2n) is 4.51. The van der Waals surface area contributed by atoms with Gasteiger partial charge in [0.05, 0.1) is 28.1 Å². The van der Waals surface area contributed by atoms with Crippen LogP contribution in [0.25, 0.3) is 0 Å². The van der Waals surface area contributed by atoms with E-state index in [2.05, 4.69) is 10.6 Å². The van der Waals surface area contributed by atoms with E-state index in [1.165, 1.54) is 24.7 Å². The van der Waals surface area contributed by atoms with Gasteiger partial charge in [-0.2, -0.15) is 8.78 Å². The number of nitrogens with one attached hydrogen (secondary N) is 2. The molecule has 9 heteroatoms. The van der Waals surface area contributed by atoms with Gasteiger partial charge in [-0.1, -0.05) is 0 Å². The lowest BCUT2D eigenvalue weighted by Gasteiger charge is -2.13. The summed E-state index contributed by atoms with van der Waals surface area (Å²) in [5, 5.41) is 5.39. The minimum absolute atomic E-state index is 0.0831. The molecule has 2 N–H and O–H groups in total. The lowest BCUT2D eigenvalue weighted by molar-refractivity contribution is 0.102. The lowest BCUT2D eigenvalue weighted by Crippen LogP contribution is -2.15. The molecule has 0 saturated carbocycles. The lowest BCUT2D eigenvalue weighted by atomic mass is 10.2. The molecule has 0 unspecified atom stereocenters. The van der Waals surface area contributed by atoms with Crippen LogP contribution in [0.2, 0.25) is 0 Å². The van der Waals surface area contributed by atoms with Crippen molar-refractivity contribution in [1.29, 1.82) is 0 Å². The fourth-order valence-electron chi connectivity index (χ4n) is 1.84. The molecule has 0 spiro atoms. The van der Waals surface area contributed by atoms with Crippen molar-refractivity contribution in [3.8, 4) is 0 Å². The van der Waals surface area contributed by atoms with Crippen molar-refractivity contribution in [3.05, 3.63) is 42.4 Å². The van der Waals surface area contributed by atoms with E-state index in [1.807, 2.05) is 0 Å². The maximum absolute atomic E-state index is 12.7. The van der Waals surface area contributed by atoms with Gasteiger partial charge in [0.1, 0.15) is 6.26 Å². The van der Waals surface area contributed by atoms with E-state index in [9.17, 15) is 22.0 Å². The maximum atomic E-state index is 12.7. The van der Waals surface area contributed by atoms with E-state index < -0.39 is 26.4 Å². The molecule has 2 aromatic rings. The Morgan fingerprint density at radius 2 is 2.00 bits per heavy atom. The van der Waals surface area contributed by atoms with Crippen molar-refractivity contribution in [3.63, 3.8) is 0 Å². The quantitative estimate of drug-likeness (QED) is 0.841. The average molecular weight is 344 g/mol. The highest BCUT2D eigenvalue weighted by atomic mass is 32.2. The van der Waals surface area contributed by atoms with Crippen molar-refractivity contribution < 1.29 is 26.4 Å². The number of benzene rings is 1. The zero-order valence-corrected chi connectivity index (χ0v) is 12.9. The van der Waals surface area contributed by atoms with Gasteiger partial charge in [-0.05, 0) is 31.2 Å². The molecule has 1 aromatic carbocycles. The Hall–Kier alpha value is -2.42. The fourth-order valence-corrected chi connectivity index (χ4v) is 2.58. The third kappa shape index (κ3) is 3.67. The van der Waals surface area contributed by atoms with E-state index in [4.69, 9.17) is 4.42 Å². The second kappa shape index (κ2) is 6.78. The molecule has 0 radical (unpaired) electrons. The summed E-state index contributed by atoms with van der Waals surface area (Å²) < 4.78 is 53.3. The van der Waals surface area contributed by atoms with Gasteiger partial charge in [-0.25, -0.2) is 8.42 Å². The number of halogens is 2. The summed E-state index contributed by atoms with van der Waals surface area (Å²) in [6.45, 7) is 2.29. The van der Waals surface area contributed by atoms with E-state index >= 15 is 0 Å². The molecule has 0 bridgehead atoms. The summed E-state index contributed by atoms with van der Waals surface area (Å²) in [4.78, 5) is 11.5. The van der Waals surface area contributed by atoms with E-state index in [1.54, 1.807) is 6.92 Å². The Kier molecular flexibility index (Phi) is 4.99. The van der Waals surface area contributed by atoms with Crippen LogP contribution in [0.3, 0.4) is 0 Å². The molecule has 0 saturated heterocycles. The number of alkyl halides is 2. The van der Waals surface area contributed by atoms with Crippen molar-refractivity contribution >= 4 is 27.1 Å². The number of hydrogen-bond acceptors (Lipinski definition) is 5. The number of carbonyl (C=O) groups excluding carboxylic acids is 1. The van der Waals surface area contributed by atoms with Crippen LogP contribution < -0.4 is 10.6 Å². The van der Waals surface area contributed by atoms with Crippen molar-refractivity contribution in [2.24, 2.45) is 0 Å². The van der Waals surface area contributed by atoms with Gasteiger partial charge in [0, 0.05) is 6.54 Å². The fraction of sp³-hybridized carbons (Fsp3) is 0.214. The summed E-state index contributed by atoms with van der Waals surface area (Å²) >= 11 is 0. The second-order valence-corrected chi connectivity index (χ2v) is 6.43. The summed E-state index contributed by atoms with van der Waals surface area (Å²) in [6.07, 6.45) is 2.51. The van der Waals surface area contributed by atoms with Crippen LogP contribution in [-0.4, -0.2) is 26.6 Å². The first kappa shape index (κ1) is 16.9. The summed E-state index contributed by atoms with van der Waals surface area (Å²) in [5.74, 6) is -4.09. The molecule has 124 valence electrons. The zero-order valence-electron chi connectivity index (χ0n) is 12.0. The topological polar surface area (TPSA) is 88.4 Å². The highest BCUT2D eigenvalue weighted by Crippen LogP contribution is 2.28. The summed E-state index contributed by atoms with van der Waals surface area (Å²) in [5.41, 5.74) is 0.715. The smallest absolute Gasteiger partial charge is 0.341 e. The molecule has 1 heterocycles. The van der Waals surface area contributed by atoms with Crippen LogP contribution in [-0.2, 0) is 9.84 Å². The van der Waals surface area contributed by atoms with Gasteiger partial charge in [0.25, 0.3) is 5.91 Å². The average Bonchev–Trinajstić information content (AvgIpc) is 3.03. The van der Waals surface area contributed by atoms with Gasteiger partial charge in [0.2, 0.25) is 9.84 Å². The molecule has 0 atom stereocenters. The minimum Gasteiger partial charge on any atom is -0.472 e. The van der Waals surface area contributed by atoms with E-state index in [0.717, 1.165) is 12.1 Å². The molecule has 6 nitrogen and oxygen atoms in total. The molecule has 1 amide bonds. The number of amides is 1. The first-order valence-corrected chi connectivity index (χ1v) is 8.14. The summed E-state index contributed by atoms with van der Waals surface area (Å²) in [7, 11) is -4.75. The molecule has 2 rings (SSSR count). The monoisotopic (exact) mass is 344 g/mol. The van der Waals surface area contributed by atoms with Gasteiger partial charge in [-0.3, -0.25) is 4.79 Å². The van der Waals surface area contributed by atoms with Crippen molar-refractivity contribution in [2.75, 3.05) is 17.2 Å². The Labute approximate surface area is 131 Å². The predicted molar refractivity (Wildman–Crippen MR) is 80.5 cm³/mol. The first-order valence-electron chi connectivity index (χ1n) is 6.59. The molecule has 1 aromatic heterocycles. The van der Waals surface area contributed by atoms with E-state index in [-0.39, 0.29) is 11.3 Å². The van der Waals surface area contributed by atoms with Gasteiger partial charge in [-0.15, -0.1) is 0 Å². The molecule has 0 fully saturated rings. The van der Waals surface area contributed by atoms with Gasteiger partial charge >= 0.3 is 5.76 Å². The van der Waals surface area contributed by atoms with Crippen LogP contribution in [0.5, 0.6) is 0 Å². The molecule has 0 aliphatic carbocycles. The van der Waals surface area contributed by atoms with Crippen LogP contribution in [0.1, 0.15) is 17.3 Å². The summed E-state index contributed by atoms with van der Waals surface area (Å²) in [6, 6.07) is 4.80. The molecular formula is C14H14F2N2O4S. The Balaban J connectivity index is 2.40. The number of hydrogen-bond donors (Lipinski definition) is 2. The van der Waals surface area contributed by atoms with E-state index in [0.29, 0.717) is 12.2 Å². The largest absolute Gasteiger partial charge is 0.472 e. The minimum atomic E-state index is -4.75. The van der Waals surface area contributed by atoms with Gasteiger partial charge < -0.3 is 15.1 Å². The Morgan fingerprint density at radius 1 is 1.26 bits per heavy atom. The third-order valence-corrected chi connectivity index (χ3v) is 4.33. The highest BCUT2D eigenvalue weighted by molar-refractivity contribution is 7.91. The number of sulfone groups is 1. The molecule has 0 aliphatic rings. The van der Waals surface area contributed by atoms with Crippen LogP contribution in [0, 0.1) is 0 Å². The number of rotatable bonds is 6. The third-order valence-electron chi connectivity index (χ3n) is 2.95. The maximum Gasteiger partial charge on any atom is 0.341 e. The number of furan rings is 1. The number of anilines is 2. The molecular weight excluding hydrogens is 330 g/mol. The number of carbonyl (C=O) groups is 1. The van der Waals surface area contributed by atoms with Gasteiger partial charge in [0.15, 0.2) is 0 Å². The highest BCUT2D eigenvalue weighted by Gasteiger charge is 2.27. The molecule has 23 heavy (non-hydrogen) atoms.